The average molecular weight is 216 g/mol. The maximum absolute atomic E-state index is 11.1. The minimum Gasteiger partial charge on any atom is -0.478 e. The number of hydrogen-bond donors (Lipinski definition) is 1. The van der Waals surface area contributed by atoms with Gasteiger partial charge in [-0.1, -0.05) is 12.1 Å². The van der Waals surface area contributed by atoms with Crippen molar-refractivity contribution in [1.82, 2.24) is 4.98 Å². The van der Waals surface area contributed by atoms with Crippen molar-refractivity contribution in [3.8, 4) is 0 Å². The highest BCUT2D eigenvalue weighted by atomic mass is 16.4. The normalized spacial score (nSPS) is 10.4. The van der Waals surface area contributed by atoms with Gasteiger partial charge in [0.25, 0.3) is 0 Å². The van der Waals surface area contributed by atoms with Crippen LogP contribution in [0, 0.1) is 0 Å². The number of anilines is 1. The van der Waals surface area contributed by atoms with E-state index in [1.54, 1.807) is 24.4 Å². The molecule has 0 unspecified atom stereocenters. The monoisotopic (exact) mass is 216 g/mol. The lowest BCUT2D eigenvalue weighted by molar-refractivity contribution is 0.0699. The van der Waals surface area contributed by atoms with Crippen molar-refractivity contribution < 1.29 is 9.90 Å². The third-order valence-corrected chi connectivity index (χ3v) is 2.44. The van der Waals surface area contributed by atoms with Crippen molar-refractivity contribution in [2.24, 2.45) is 0 Å². The Kier molecular flexibility index (Phi) is 2.48. The van der Waals surface area contributed by atoms with Crippen molar-refractivity contribution in [2.45, 2.75) is 0 Å². The highest BCUT2D eigenvalue weighted by Crippen LogP contribution is 2.25. The third-order valence-electron chi connectivity index (χ3n) is 2.44. The summed E-state index contributed by atoms with van der Waals surface area (Å²) in [5.74, 6) is -0.137. The van der Waals surface area contributed by atoms with Crippen molar-refractivity contribution in [3.05, 3.63) is 36.0 Å². The summed E-state index contributed by atoms with van der Waals surface area (Å²) in [5, 5.41) is 10.6. The van der Waals surface area contributed by atoms with Crippen molar-refractivity contribution in [3.63, 3.8) is 0 Å². The SMILES string of the molecule is CN(C)c1nccc2c(C(=O)O)cccc12. The molecule has 4 nitrogen and oxygen atoms in total. The first-order valence-corrected chi connectivity index (χ1v) is 4.89. The topological polar surface area (TPSA) is 53.4 Å². The van der Waals surface area contributed by atoms with Gasteiger partial charge in [-0.2, -0.15) is 0 Å². The molecule has 2 aromatic rings. The van der Waals surface area contributed by atoms with Crippen molar-refractivity contribution in [2.75, 3.05) is 19.0 Å². The van der Waals surface area contributed by atoms with Crippen LogP contribution >= 0.6 is 0 Å². The number of fused-ring (bicyclic) bond motifs is 1. The summed E-state index contributed by atoms with van der Waals surface area (Å²) in [6.45, 7) is 0. The summed E-state index contributed by atoms with van der Waals surface area (Å²) >= 11 is 0. The second kappa shape index (κ2) is 3.81. The van der Waals surface area contributed by atoms with E-state index < -0.39 is 5.97 Å². The Morgan fingerprint density at radius 1 is 1.25 bits per heavy atom. The van der Waals surface area contributed by atoms with Crippen LogP contribution in [0.15, 0.2) is 30.5 Å². The molecule has 82 valence electrons. The lowest BCUT2D eigenvalue weighted by Gasteiger charge is -2.14. The molecule has 1 aromatic carbocycles. The highest BCUT2D eigenvalue weighted by Gasteiger charge is 2.11. The summed E-state index contributed by atoms with van der Waals surface area (Å²) in [6.07, 6.45) is 1.63. The van der Waals surface area contributed by atoms with Gasteiger partial charge in [0.05, 0.1) is 5.56 Å². The van der Waals surface area contributed by atoms with E-state index in [9.17, 15) is 4.79 Å². The van der Waals surface area contributed by atoms with Crippen LogP contribution in [0.3, 0.4) is 0 Å². The van der Waals surface area contributed by atoms with Gasteiger partial charge in [0, 0.05) is 31.1 Å². The van der Waals surface area contributed by atoms with Crippen LogP contribution in [0.1, 0.15) is 10.4 Å². The molecule has 0 atom stereocenters. The molecule has 2 rings (SSSR count). The third kappa shape index (κ3) is 1.58. The maximum atomic E-state index is 11.1. The Morgan fingerprint density at radius 3 is 2.62 bits per heavy atom. The van der Waals surface area contributed by atoms with Crippen LogP contribution in [0.5, 0.6) is 0 Å². The molecule has 1 aromatic heterocycles. The van der Waals surface area contributed by atoms with Gasteiger partial charge in [-0.25, -0.2) is 9.78 Å². The van der Waals surface area contributed by atoms with Gasteiger partial charge >= 0.3 is 5.97 Å². The molecule has 1 heterocycles. The van der Waals surface area contributed by atoms with Gasteiger partial charge < -0.3 is 10.0 Å². The summed E-state index contributed by atoms with van der Waals surface area (Å²) in [4.78, 5) is 17.2. The molecule has 1 N–H and O–H groups in total. The number of benzene rings is 1. The number of hydrogen-bond acceptors (Lipinski definition) is 3. The first-order valence-electron chi connectivity index (χ1n) is 4.89. The zero-order valence-electron chi connectivity index (χ0n) is 9.14. The predicted octanol–water partition coefficient (Wildman–Crippen LogP) is 2.00. The standard InChI is InChI=1S/C12H12N2O2/c1-14(2)11-9-4-3-5-10(12(15)16)8(9)6-7-13-11/h3-7H,1-2H3,(H,15,16). The summed E-state index contributed by atoms with van der Waals surface area (Å²) < 4.78 is 0. The Balaban J connectivity index is 2.81. The fraction of sp³-hybridized carbons (Fsp3) is 0.167. The molecule has 0 bridgehead atoms. The molecule has 0 radical (unpaired) electrons. The first-order chi connectivity index (χ1) is 7.61. The molecule has 0 fully saturated rings. The molecule has 0 saturated carbocycles. The van der Waals surface area contributed by atoms with Crippen LogP contribution in [0.2, 0.25) is 0 Å². The number of aromatic nitrogens is 1. The molecular formula is C12H12N2O2. The molecule has 0 aliphatic heterocycles. The second-order valence-corrected chi connectivity index (χ2v) is 3.73. The van der Waals surface area contributed by atoms with Crippen LogP contribution in [-0.2, 0) is 0 Å². The zero-order valence-corrected chi connectivity index (χ0v) is 9.14. The van der Waals surface area contributed by atoms with Crippen LogP contribution in [-0.4, -0.2) is 30.2 Å². The quantitative estimate of drug-likeness (QED) is 0.834. The number of pyridine rings is 1. The van der Waals surface area contributed by atoms with E-state index in [2.05, 4.69) is 4.98 Å². The van der Waals surface area contributed by atoms with Gasteiger partial charge in [-0.05, 0) is 12.1 Å². The van der Waals surface area contributed by atoms with E-state index in [1.165, 1.54) is 0 Å². The van der Waals surface area contributed by atoms with E-state index in [0.717, 1.165) is 11.2 Å². The second-order valence-electron chi connectivity index (χ2n) is 3.73. The largest absolute Gasteiger partial charge is 0.478 e. The zero-order chi connectivity index (χ0) is 11.7. The van der Waals surface area contributed by atoms with Crippen LogP contribution in [0.25, 0.3) is 10.8 Å². The molecule has 0 aliphatic carbocycles. The van der Waals surface area contributed by atoms with Gasteiger partial charge in [0.15, 0.2) is 0 Å². The molecule has 0 saturated heterocycles. The lowest BCUT2D eigenvalue weighted by Crippen LogP contribution is -2.11. The average Bonchev–Trinajstić information content (AvgIpc) is 2.27. The minimum atomic E-state index is -0.915. The summed E-state index contributed by atoms with van der Waals surface area (Å²) in [5.41, 5.74) is 0.308. The van der Waals surface area contributed by atoms with E-state index in [0.29, 0.717) is 10.9 Å². The van der Waals surface area contributed by atoms with Gasteiger partial charge in [-0.15, -0.1) is 0 Å². The molecule has 16 heavy (non-hydrogen) atoms. The minimum absolute atomic E-state index is 0.308. The summed E-state index contributed by atoms with van der Waals surface area (Å²) in [6, 6.07) is 6.94. The summed E-state index contributed by atoms with van der Waals surface area (Å²) in [7, 11) is 3.77. The Morgan fingerprint density at radius 2 is 2.00 bits per heavy atom. The van der Waals surface area contributed by atoms with Crippen LogP contribution in [0.4, 0.5) is 5.82 Å². The smallest absolute Gasteiger partial charge is 0.336 e. The predicted molar refractivity (Wildman–Crippen MR) is 63.0 cm³/mol. The fourth-order valence-electron chi connectivity index (χ4n) is 1.73. The Labute approximate surface area is 93.1 Å². The van der Waals surface area contributed by atoms with E-state index in [1.807, 2.05) is 25.1 Å². The highest BCUT2D eigenvalue weighted by molar-refractivity contribution is 6.06. The number of aromatic carboxylic acids is 1. The fourth-order valence-corrected chi connectivity index (χ4v) is 1.73. The maximum Gasteiger partial charge on any atom is 0.336 e. The van der Waals surface area contributed by atoms with Crippen molar-refractivity contribution >= 4 is 22.6 Å². The molecule has 0 spiro atoms. The Hall–Kier alpha value is -2.10. The Bertz CT molecular complexity index is 550. The van der Waals surface area contributed by atoms with E-state index in [-0.39, 0.29) is 0 Å². The van der Waals surface area contributed by atoms with Gasteiger partial charge in [-0.3, -0.25) is 0 Å². The molecule has 0 aliphatic rings. The first kappa shape index (κ1) is 10.4. The number of carboxylic acid groups (broad SMARTS) is 1. The van der Waals surface area contributed by atoms with E-state index in [4.69, 9.17) is 5.11 Å². The van der Waals surface area contributed by atoms with E-state index >= 15 is 0 Å². The number of nitrogens with zero attached hydrogens (tertiary/aromatic N) is 2. The van der Waals surface area contributed by atoms with Gasteiger partial charge in [0.2, 0.25) is 0 Å². The lowest BCUT2D eigenvalue weighted by atomic mass is 10.1. The van der Waals surface area contributed by atoms with Crippen molar-refractivity contribution in [1.29, 1.82) is 0 Å². The number of carbonyl (C=O) groups is 1. The van der Waals surface area contributed by atoms with Gasteiger partial charge in [0.1, 0.15) is 5.82 Å². The molecule has 4 heteroatoms. The number of carboxylic acids is 1. The van der Waals surface area contributed by atoms with Crippen LogP contribution < -0.4 is 4.90 Å². The molecule has 0 amide bonds. The number of rotatable bonds is 2. The molecular weight excluding hydrogens is 204 g/mol.